The number of aromatic carboxylic acids is 1. The zero-order valence-electron chi connectivity index (χ0n) is 16.9. The Hall–Kier alpha value is -2.83. The maximum Gasteiger partial charge on any atom is 0.335 e. The second kappa shape index (κ2) is 8.26. The van der Waals surface area contributed by atoms with Crippen molar-refractivity contribution in [2.24, 2.45) is 0 Å². The summed E-state index contributed by atoms with van der Waals surface area (Å²) < 4.78 is 49.0. The lowest BCUT2D eigenvalue weighted by molar-refractivity contribution is 0.0127. The molecule has 7 nitrogen and oxygen atoms in total. The van der Waals surface area contributed by atoms with Gasteiger partial charge in [-0.05, 0) is 61.8 Å². The Labute approximate surface area is 189 Å². The number of nitrogens with zero attached hydrogens (tertiary/aromatic N) is 1. The van der Waals surface area contributed by atoms with Crippen molar-refractivity contribution in [3.05, 3.63) is 52.0 Å². The summed E-state index contributed by atoms with van der Waals surface area (Å²) in [5.74, 6) is -1.23. The summed E-state index contributed by atoms with van der Waals surface area (Å²) >= 11 is 6.08. The molecule has 2 aromatic carbocycles. The van der Waals surface area contributed by atoms with E-state index in [0.717, 1.165) is 25.3 Å². The Bertz CT molecular complexity index is 1230. The van der Waals surface area contributed by atoms with Gasteiger partial charge in [-0.2, -0.15) is 5.26 Å². The molecule has 10 heteroatoms. The van der Waals surface area contributed by atoms with Gasteiger partial charge in [0.05, 0.1) is 26.7 Å². The normalized spacial score (nSPS) is 17.2. The number of nitrogens with one attached hydrogen (secondary N) is 1. The minimum absolute atomic E-state index is 0.0103. The van der Waals surface area contributed by atoms with Gasteiger partial charge in [-0.15, -0.1) is 0 Å². The Morgan fingerprint density at radius 2 is 2.03 bits per heavy atom. The lowest BCUT2D eigenvalue weighted by Gasteiger charge is -2.33. The number of carboxylic acid groups (broad SMARTS) is 1. The minimum atomic E-state index is -4.25. The van der Waals surface area contributed by atoms with E-state index in [9.17, 15) is 28.0 Å². The summed E-state index contributed by atoms with van der Waals surface area (Å²) in [6.07, 6.45) is 3.07. The van der Waals surface area contributed by atoms with Crippen LogP contribution in [0.1, 0.15) is 59.5 Å². The van der Waals surface area contributed by atoms with Crippen LogP contribution in [0.4, 0.5) is 10.1 Å². The summed E-state index contributed by atoms with van der Waals surface area (Å²) in [6, 6.07) is 8.37. The topological polar surface area (TPSA) is 116 Å². The summed E-state index contributed by atoms with van der Waals surface area (Å²) in [6.45, 7) is -0.272. The predicted octanol–water partition coefficient (Wildman–Crippen LogP) is 4.86. The number of carbonyl (C=O) groups is 1. The SMILES string of the molecule is N#Cc1cc(NS(=O)(=O)c2cc(C(=O)O)ccc2C2CC2)c(OCC2(F)CCC2)cc1Cl. The molecule has 2 saturated carbocycles. The van der Waals surface area contributed by atoms with Gasteiger partial charge in [0.15, 0.2) is 0 Å². The van der Waals surface area contributed by atoms with Crippen molar-refractivity contribution in [3.63, 3.8) is 0 Å². The van der Waals surface area contributed by atoms with E-state index in [2.05, 4.69) is 4.72 Å². The van der Waals surface area contributed by atoms with Crippen LogP contribution in [0, 0.1) is 11.3 Å². The van der Waals surface area contributed by atoms with Gasteiger partial charge in [-0.25, -0.2) is 17.6 Å². The molecule has 2 aliphatic carbocycles. The third kappa shape index (κ3) is 4.52. The van der Waals surface area contributed by atoms with Crippen LogP contribution in [-0.2, 0) is 10.0 Å². The fourth-order valence-corrected chi connectivity index (χ4v) is 5.17. The molecule has 2 N–H and O–H groups in total. The van der Waals surface area contributed by atoms with E-state index in [1.165, 1.54) is 24.3 Å². The van der Waals surface area contributed by atoms with Crippen molar-refractivity contribution in [2.45, 2.75) is 48.6 Å². The number of halogens is 2. The highest BCUT2D eigenvalue weighted by Crippen LogP contribution is 2.44. The fourth-order valence-electron chi connectivity index (χ4n) is 3.58. The molecule has 0 bridgehead atoms. The van der Waals surface area contributed by atoms with Crippen molar-refractivity contribution >= 4 is 33.3 Å². The Balaban J connectivity index is 1.71. The number of carboxylic acids is 1. The molecule has 0 heterocycles. The Morgan fingerprint density at radius 3 is 2.59 bits per heavy atom. The Morgan fingerprint density at radius 1 is 1.31 bits per heavy atom. The van der Waals surface area contributed by atoms with Gasteiger partial charge in [0, 0.05) is 6.07 Å². The highest BCUT2D eigenvalue weighted by atomic mass is 35.5. The first-order chi connectivity index (χ1) is 15.1. The molecule has 2 aromatic rings. The van der Waals surface area contributed by atoms with Crippen LogP contribution >= 0.6 is 11.6 Å². The van der Waals surface area contributed by atoms with E-state index in [1.807, 2.05) is 6.07 Å². The standard InChI is InChI=1S/C22H20ClFN2O5S/c23-17-10-19(31-12-22(24)6-1-7-22)18(8-15(17)11-25)26-32(29,30)20-9-14(21(27)28)4-5-16(20)13-2-3-13/h4-5,8-10,13,26H,1-3,6-7,12H2,(H,27,28). The van der Waals surface area contributed by atoms with E-state index in [4.69, 9.17) is 16.3 Å². The van der Waals surface area contributed by atoms with Gasteiger partial charge in [0.1, 0.15) is 24.1 Å². The molecule has 0 radical (unpaired) electrons. The molecule has 4 rings (SSSR count). The summed E-state index contributed by atoms with van der Waals surface area (Å²) in [5, 5.41) is 18.6. The van der Waals surface area contributed by atoms with E-state index in [1.54, 1.807) is 0 Å². The lowest BCUT2D eigenvalue weighted by Crippen LogP contribution is -2.38. The molecule has 0 amide bonds. The van der Waals surface area contributed by atoms with E-state index < -0.39 is 21.7 Å². The van der Waals surface area contributed by atoms with Gasteiger partial charge in [-0.3, -0.25) is 4.72 Å². The average molecular weight is 479 g/mol. The molecular weight excluding hydrogens is 459 g/mol. The van der Waals surface area contributed by atoms with Crippen LogP contribution < -0.4 is 9.46 Å². The van der Waals surface area contributed by atoms with Gasteiger partial charge < -0.3 is 9.84 Å². The zero-order chi connectivity index (χ0) is 23.1. The fraction of sp³-hybridized carbons (Fsp3) is 0.364. The number of nitriles is 1. The average Bonchev–Trinajstić information content (AvgIpc) is 3.57. The molecule has 32 heavy (non-hydrogen) atoms. The van der Waals surface area contributed by atoms with Crippen molar-refractivity contribution in [1.82, 2.24) is 0 Å². The van der Waals surface area contributed by atoms with Gasteiger partial charge >= 0.3 is 5.97 Å². The highest BCUT2D eigenvalue weighted by Gasteiger charge is 2.38. The van der Waals surface area contributed by atoms with E-state index in [-0.39, 0.29) is 45.0 Å². The molecule has 2 aliphatic rings. The first-order valence-corrected chi connectivity index (χ1v) is 11.9. The van der Waals surface area contributed by atoms with Crippen molar-refractivity contribution in [2.75, 3.05) is 11.3 Å². The minimum Gasteiger partial charge on any atom is -0.488 e. The first-order valence-electron chi connectivity index (χ1n) is 10.1. The van der Waals surface area contributed by atoms with Crippen LogP contribution in [-0.4, -0.2) is 31.8 Å². The van der Waals surface area contributed by atoms with Crippen molar-refractivity contribution < 1.29 is 27.4 Å². The maximum atomic E-state index is 14.4. The molecule has 0 saturated heterocycles. The molecule has 2 fully saturated rings. The second-order valence-corrected chi connectivity index (χ2v) is 10.2. The maximum absolute atomic E-state index is 14.4. The number of sulfonamides is 1. The number of rotatable bonds is 8. The van der Waals surface area contributed by atoms with Gasteiger partial charge in [-0.1, -0.05) is 17.7 Å². The predicted molar refractivity (Wildman–Crippen MR) is 116 cm³/mol. The van der Waals surface area contributed by atoms with Crippen LogP contribution in [0.15, 0.2) is 35.2 Å². The van der Waals surface area contributed by atoms with Crippen LogP contribution in [0.2, 0.25) is 5.02 Å². The lowest BCUT2D eigenvalue weighted by atomic mass is 9.83. The number of ether oxygens (including phenoxy) is 1. The second-order valence-electron chi connectivity index (χ2n) is 8.17. The highest BCUT2D eigenvalue weighted by molar-refractivity contribution is 7.92. The van der Waals surface area contributed by atoms with Crippen LogP contribution in [0.3, 0.4) is 0 Å². The number of anilines is 1. The molecular formula is C22H20ClFN2O5S. The van der Waals surface area contributed by atoms with Gasteiger partial charge in [0.25, 0.3) is 10.0 Å². The quantitative estimate of drug-likeness (QED) is 0.559. The number of alkyl halides is 1. The monoisotopic (exact) mass is 478 g/mol. The third-order valence-electron chi connectivity index (χ3n) is 5.74. The summed E-state index contributed by atoms with van der Waals surface area (Å²) in [4.78, 5) is 11.2. The van der Waals surface area contributed by atoms with Crippen LogP contribution in [0.25, 0.3) is 0 Å². The third-order valence-corrected chi connectivity index (χ3v) is 7.47. The molecule has 168 valence electrons. The molecule has 0 unspecified atom stereocenters. The number of hydrogen-bond donors (Lipinski definition) is 2. The number of benzene rings is 2. The summed E-state index contributed by atoms with van der Waals surface area (Å²) in [5.41, 5.74) is -1.18. The smallest absolute Gasteiger partial charge is 0.335 e. The van der Waals surface area contributed by atoms with E-state index >= 15 is 0 Å². The first kappa shape index (κ1) is 22.4. The molecule has 0 aromatic heterocycles. The largest absolute Gasteiger partial charge is 0.488 e. The number of hydrogen-bond acceptors (Lipinski definition) is 5. The Kier molecular flexibility index (Phi) is 5.77. The van der Waals surface area contributed by atoms with Crippen LogP contribution in [0.5, 0.6) is 5.75 Å². The summed E-state index contributed by atoms with van der Waals surface area (Å²) in [7, 11) is -4.25. The molecule has 0 atom stereocenters. The van der Waals surface area contributed by atoms with Gasteiger partial charge in [0.2, 0.25) is 0 Å². The van der Waals surface area contributed by atoms with Crippen molar-refractivity contribution in [1.29, 1.82) is 5.26 Å². The van der Waals surface area contributed by atoms with Crippen molar-refractivity contribution in [3.8, 4) is 11.8 Å². The molecule has 0 spiro atoms. The molecule has 0 aliphatic heterocycles. The zero-order valence-corrected chi connectivity index (χ0v) is 18.5. The van der Waals surface area contributed by atoms with E-state index in [0.29, 0.717) is 18.4 Å².